The smallest absolute Gasteiger partial charge is 0.407 e. The molecule has 2 atom stereocenters. The number of piperidine rings is 1. The lowest BCUT2D eigenvalue weighted by Crippen LogP contribution is -2.54. The second-order valence-corrected chi connectivity index (χ2v) is 6.70. The van der Waals surface area contributed by atoms with E-state index in [4.69, 9.17) is 4.74 Å². The Morgan fingerprint density at radius 1 is 1.19 bits per heavy atom. The maximum atomic E-state index is 11.7. The zero-order valence-corrected chi connectivity index (χ0v) is 13.8. The van der Waals surface area contributed by atoms with Gasteiger partial charge in [-0.1, -0.05) is 32.6 Å². The quantitative estimate of drug-likeness (QED) is 0.843. The third-order valence-corrected chi connectivity index (χ3v) is 4.95. The van der Waals surface area contributed by atoms with Crippen molar-refractivity contribution in [2.45, 2.75) is 77.3 Å². The fraction of sp³-hybridized carbons (Fsp3) is 0.941. The highest BCUT2D eigenvalue weighted by Crippen LogP contribution is 2.29. The number of nitrogens with one attached hydrogen (secondary N) is 1. The third kappa shape index (κ3) is 5.17. The van der Waals surface area contributed by atoms with Crippen molar-refractivity contribution in [3.05, 3.63) is 0 Å². The minimum atomic E-state index is -0.247. The van der Waals surface area contributed by atoms with Gasteiger partial charge in [0, 0.05) is 25.2 Å². The predicted molar refractivity (Wildman–Crippen MR) is 85.4 cm³/mol. The number of ether oxygens (including phenoxy) is 1. The van der Waals surface area contributed by atoms with Crippen LogP contribution < -0.4 is 5.32 Å². The normalized spacial score (nSPS) is 28.3. The van der Waals surface area contributed by atoms with Gasteiger partial charge in [-0.05, 0) is 38.5 Å². The lowest BCUT2D eigenvalue weighted by Gasteiger charge is -2.43. The van der Waals surface area contributed by atoms with Gasteiger partial charge in [0.25, 0.3) is 0 Å². The summed E-state index contributed by atoms with van der Waals surface area (Å²) < 4.78 is 5.05. The molecule has 0 spiro atoms. The highest BCUT2D eigenvalue weighted by molar-refractivity contribution is 5.67. The van der Waals surface area contributed by atoms with E-state index < -0.39 is 0 Å². The van der Waals surface area contributed by atoms with E-state index in [1.807, 2.05) is 6.92 Å². The second kappa shape index (κ2) is 8.62. The van der Waals surface area contributed by atoms with Gasteiger partial charge < -0.3 is 10.1 Å². The van der Waals surface area contributed by atoms with Gasteiger partial charge in [-0.3, -0.25) is 4.90 Å². The molecule has 0 aromatic carbocycles. The molecule has 4 nitrogen and oxygen atoms in total. The largest absolute Gasteiger partial charge is 0.450 e. The Labute approximate surface area is 129 Å². The number of hydrogen-bond donors (Lipinski definition) is 1. The molecule has 1 amide bonds. The first-order valence-electron chi connectivity index (χ1n) is 8.90. The molecule has 2 unspecified atom stereocenters. The van der Waals surface area contributed by atoms with E-state index in [2.05, 4.69) is 17.1 Å². The molecule has 0 bridgehead atoms. The second-order valence-electron chi connectivity index (χ2n) is 6.70. The van der Waals surface area contributed by atoms with Crippen molar-refractivity contribution in [1.82, 2.24) is 10.2 Å². The lowest BCUT2D eigenvalue weighted by molar-refractivity contribution is 0.0702. The number of rotatable bonds is 5. The first-order chi connectivity index (χ1) is 10.2. The first-order valence-corrected chi connectivity index (χ1v) is 8.90. The van der Waals surface area contributed by atoms with E-state index >= 15 is 0 Å². The molecule has 2 fully saturated rings. The Morgan fingerprint density at radius 2 is 1.95 bits per heavy atom. The van der Waals surface area contributed by atoms with Crippen molar-refractivity contribution in [3.63, 3.8) is 0 Å². The van der Waals surface area contributed by atoms with Gasteiger partial charge in [0.05, 0.1) is 6.61 Å². The molecule has 1 aliphatic carbocycles. The molecule has 122 valence electrons. The molecule has 1 saturated carbocycles. The van der Waals surface area contributed by atoms with Crippen LogP contribution in [0.5, 0.6) is 0 Å². The molecule has 4 heteroatoms. The standard InChI is InChI=1S/C17H32N2O2/c1-3-8-14-11-15(18-17(20)21-4-2)13-19(12-14)16-9-6-5-7-10-16/h14-16H,3-13H2,1-2H3,(H,18,20). The van der Waals surface area contributed by atoms with Crippen LogP contribution in [0.25, 0.3) is 0 Å². The molecule has 0 aromatic heterocycles. The van der Waals surface area contributed by atoms with Crippen LogP contribution >= 0.6 is 0 Å². The maximum Gasteiger partial charge on any atom is 0.407 e. The Balaban J connectivity index is 1.92. The van der Waals surface area contributed by atoms with Crippen LogP contribution in [0.3, 0.4) is 0 Å². The van der Waals surface area contributed by atoms with Crippen molar-refractivity contribution in [2.75, 3.05) is 19.7 Å². The predicted octanol–water partition coefficient (Wildman–Crippen LogP) is 3.56. The van der Waals surface area contributed by atoms with Gasteiger partial charge >= 0.3 is 6.09 Å². The van der Waals surface area contributed by atoms with E-state index in [0.717, 1.165) is 24.9 Å². The number of hydrogen-bond acceptors (Lipinski definition) is 3. The SMILES string of the molecule is CCCC1CC(NC(=O)OCC)CN(C2CCCCC2)C1. The van der Waals surface area contributed by atoms with Crippen LogP contribution in [-0.2, 0) is 4.74 Å². The van der Waals surface area contributed by atoms with Gasteiger partial charge in [-0.15, -0.1) is 0 Å². The number of carbonyl (C=O) groups excluding carboxylic acids is 1. The minimum Gasteiger partial charge on any atom is -0.450 e. The highest BCUT2D eigenvalue weighted by Gasteiger charge is 2.32. The Hall–Kier alpha value is -0.770. The van der Waals surface area contributed by atoms with Gasteiger partial charge in [0.1, 0.15) is 0 Å². The Morgan fingerprint density at radius 3 is 2.62 bits per heavy atom. The summed E-state index contributed by atoms with van der Waals surface area (Å²) in [5, 5.41) is 3.07. The fourth-order valence-electron chi connectivity index (χ4n) is 4.05. The van der Waals surface area contributed by atoms with Gasteiger partial charge in [-0.2, -0.15) is 0 Å². The number of likely N-dealkylation sites (tertiary alicyclic amines) is 1. The lowest BCUT2D eigenvalue weighted by atomic mass is 9.86. The summed E-state index contributed by atoms with van der Waals surface area (Å²) in [4.78, 5) is 14.4. The summed E-state index contributed by atoms with van der Waals surface area (Å²) in [5.41, 5.74) is 0. The van der Waals surface area contributed by atoms with Crippen LogP contribution in [0, 0.1) is 5.92 Å². The average Bonchev–Trinajstić information content (AvgIpc) is 2.48. The molecule has 1 saturated heterocycles. The summed E-state index contributed by atoms with van der Waals surface area (Å²) >= 11 is 0. The summed E-state index contributed by atoms with van der Waals surface area (Å²) in [6.45, 7) is 6.79. The van der Waals surface area contributed by atoms with Gasteiger partial charge in [-0.25, -0.2) is 4.79 Å². The van der Waals surface area contributed by atoms with E-state index in [1.54, 1.807) is 0 Å². The zero-order chi connectivity index (χ0) is 15.1. The summed E-state index contributed by atoms with van der Waals surface area (Å²) in [6, 6.07) is 1.00. The van der Waals surface area contributed by atoms with Crippen LogP contribution in [0.1, 0.15) is 65.2 Å². The Kier molecular flexibility index (Phi) is 6.81. The number of carbonyl (C=O) groups is 1. The van der Waals surface area contributed by atoms with Crippen LogP contribution in [0.4, 0.5) is 4.79 Å². The maximum absolute atomic E-state index is 11.7. The van der Waals surface area contributed by atoms with Crippen molar-refractivity contribution >= 4 is 6.09 Å². The van der Waals surface area contributed by atoms with Crippen molar-refractivity contribution in [1.29, 1.82) is 0 Å². The summed E-state index contributed by atoms with van der Waals surface area (Å²) in [5.74, 6) is 0.720. The van der Waals surface area contributed by atoms with E-state index in [0.29, 0.717) is 6.61 Å². The van der Waals surface area contributed by atoms with Crippen molar-refractivity contribution < 1.29 is 9.53 Å². The number of alkyl carbamates (subject to hydrolysis) is 1. The molecule has 2 aliphatic rings. The monoisotopic (exact) mass is 296 g/mol. The fourth-order valence-corrected chi connectivity index (χ4v) is 4.05. The Bertz CT molecular complexity index is 316. The molecule has 0 radical (unpaired) electrons. The third-order valence-electron chi connectivity index (χ3n) is 4.95. The highest BCUT2D eigenvalue weighted by atomic mass is 16.5. The molecule has 1 N–H and O–H groups in total. The summed E-state index contributed by atoms with van der Waals surface area (Å²) in [7, 11) is 0. The average molecular weight is 296 g/mol. The molecule has 21 heavy (non-hydrogen) atoms. The zero-order valence-electron chi connectivity index (χ0n) is 13.8. The van der Waals surface area contributed by atoms with E-state index in [9.17, 15) is 4.79 Å². The van der Waals surface area contributed by atoms with Crippen molar-refractivity contribution in [3.8, 4) is 0 Å². The molecule has 0 aromatic rings. The molecule has 1 heterocycles. The van der Waals surface area contributed by atoms with E-state index in [1.165, 1.54) is 51.5 Å². The van der Waals surface area contributed by atoms with Crippen LogP contribution in [-0.4, -0.2) is 42.8 Å². The van der Waals surface area contributed by atoms with Crippen LogP contribution in [0.2, 0.25) is 0 Å². The number of nitrogens with zero attached hydrogens (tertiary/aromatic N) is 1. The topological polar surface area (TPSA) is 41.6 Å². The molecule has 1 aliphatic heterocycles. The van der Waals surface area contributed by atoms with Gasteiger partial charge in [0.15, 0.2) is 0 Å². The van der Waals surface area contributed by atoms with E-state index in [-0.39, 0.29) is 12.1 Å². The summed E-state index contributed by atoms with van der Waals surface area (Å²) in [6.07, 6.45) is 10.2. The number of amides is 1. The minimum absolute atomic E-state index is 0.247. The van der Waals surface area contributed by atoms with Crippen LogP contribution in [0.15, 0.2) is 0 Å². The molecule has 2 rings (SSSR count). The first kappa shape index (κ1) is 16.6. The van der Waals surface area contributed by atoms with Crippen molar-refractivity contribution in [2.24, 2.45) is 5.92 Å². The van der Waals surface area contributed by atoms with Gasteiger partial charge in [0.2, 0.25) is 0 Å². The molecular formula is C17H32N2O2. The molecular weight excluding hydrogens is 264 g/mol.